The van der Waals surface area contributed by atoms with Crippen LogP contribution in [0.25, 0.3) is 0 Å². The van der Waals surface area contributed by atoms with Gasteiger partial charge < -0.3 is 10.0 Å². The van der Waals surface area contributed by atoms with Gasteiger partial charge in [-0.1, -0.05) is 23.7 Å². The molecule has 5 nitrogen and oxygen atoms in total. The zero-order chi connectivity index (χ0) is 18.0. The Labute approximate surface area is 152 Å². The summed E-state index contributed by atoms with van der Waals surface area (Å²) in [5.41, 5.74) is 2.22. The molecule has 0 radical (unpaired) electrons. The third kappa shape index (κ3) is 3.99. The van der Waals surface area contributed by atoms with Gasteiger partial charge >= 0.3 is 0 Å². The van der Waals surface area contributed by atoms with E-state index in [-0.39, 0.29) is 11.9 Å². The van der Waals surface area contributed by atoms with Gasteiger partial charge in [0, 0.05) is 17.8 Å². The zero-order valence-corrected chi connectivity index (χ0v) is 15.2. The van der Waals surface area contributed by atoms with Crippen molar-refractivity contribution in [1.82, 2.24) is 14.9 Å². The molecule has 0 saturated carbocycles. The predicted octanol–water partition coefficient (Wildman–Crippen LogP) is 2.96. The summed E-state index contributed by atoms with van der Waals surface area (Å²) in [7, 11) is 0. The largest absolute Gasteiger partial charge is 0.391 e. The van der Waals surface area contributed by atoms with Gasteiger partial charge in [0.1, 0.15) is 5.82 Å². The topological polar surface area (TPSA) is 66.3 Å². The molecule has 6 heteroatoms. The monoisotopic (exact) mass is 359 g/mol. The lowest BCUT2D eigenvalue weighted by Crippen LogP contribution is -2.52. The van der Waals surface area contributed by atoms with Gasteiger partial charge in [-0.25, -0.2) is 9.97 Å². The molecule has 3 rings (SSSR count). The number of carbonyl (C=O) groups is 1. The Morgan fingerprint density at radius 1 is 1.32 bits per heavy atom. The Kier molecular flexibility index (Phi) is 5.35. The highest BCUT2D eigenvalue weighted by atomic mass is 35.5. The standard InChI is InChI=1S/C19H22ClN3O2/c1-12-16(11-21-13(2)22-12)19(25)23-9-3-4-18(24)17(23)10-14-5-7-15(20)8-6-14/h5-8,11,17-18,24H,3-4,9-10H2,1-2H3/t17-,18-/m0/s1. The average molecular weight is 360 g/mol. The number of hydrogen-bond donors (Lipinski definition) is 1. The van der Waals surface area contributed by atoms with Crippen molar-refractivity contribution in [3.8, 4) is 0 Å². The number of piperidine rings is 1. The molecule has 1 N–H and O–H groups in total. The lowest BCUT2D eigenvalue weighted by atomic mass is 9.92. The van der Waals surface area contributed by atoms with Crippen molar-refractivity contribution < 1.29 is 9.90 Å². The van der Waals surface area contributed by atoms with Gasteiger partial charge in [-0.3, -0.25) is 4.79 Å². The molecule has 1 aliphatic rings. The number of aryl methyl sites for hydroxylation is 2. The molecule has 1 aromatic heterocycles. The van der Waals surface area contributed by atoms with Crippen molar-refractivity contribution >= 4 is 17.5 Å². The first-order chi connectivity index (χ1) is 12.0. The highest BCUT2D eigenvalue weighted by Crippen LogP contribution is 2.24. The highest BCUT2D eigenvalue weighted by Gasteiger charge is 2.34. The number of benzene rings is 1. The number of amides is 1. The maximum atomic E-state index is 13.0. The third-order valence-electron chi connectivity index (χ3n) is 4.69. The van der Waals surface area contributed by atoms with Crippen molar-refractivity contribution in [3.05, 3.63) is 58.1 Å². The molecule has 2 aromatic rings. The van der Waals surface area contributed by atoms with Crippen molar-refractivity contribution in [2.75, 3.05) is 6.54 Å². The summed E-state index contributed by atoms with van der Waals surface area (Å²) in [6, 6.07) is 7.27. The molecule has 0 spiro atoms. The summed E-state index contributed by atoms with van der Waals surface area (Å²) < 4.78 is 0. The summed E-state index contributed by atoms with van der Waals surface area (Å²) >= 11 is 5.94. The summed E-state index contributed by atoms with van der Waals surface area (Å²) in [6.45, 7) is 4.24. The number of carbonyl (C=O) groups excluding carboxylic acids is 1. The van der Waals surface area contributed by atoms with Crippen LogP contribution >= 0.6 is 11.6 Å². The Morgan fingerprint density at radius 2 is 2.04 bits per heavy atom. The Morgan fingerprint density at radius 3 is 2.72 bits per heavy atom. The minimum Gasteiger partial charge on any atom is -0.391 e. The molecule has 2 atom stereocenters. The van der Waals surface area contributed by atoms with Gasteiger partial charge in [0.25, 0.3) is 5.91 Å². The molecule has 0 bridgehead atoms. The number of halogens is 1. The summed E-state index contributed by atoms with van der Waals surface area (Å²) in [4.78, 5) is 23.3. The first-order valence-corrected chi connectivity index (χ1v) is 8.87. The molecule has 0 aliphatic carbocycles. The second-order valence-corrected chi connectivity index (χ2v) is 6.96. The molecule has 1 fully saturated rings. The number of nitrogens with zero attached hydrogens (tertiary/aromatic N) is 3. The number of likely N-dealkylation sites (tertiary alicyclic amines) is 1. The van der Waals surface area contributed by atoms with E-state index in [0.29, 0.717) is 41.5 Å². The van der Waals surface area contributed by atoms with E-state index >= 15 is 0 Å². The number of hydrogen-bond acceptors (Lipinski definition) is 4. The zero-order valence-electron chi connectivity index (χ0n) is 14.4. The summed E-state index contributed by atoms with van der Waals surface area (Å²) in [6.07, 6.45) is 3.12. The third-order valence-corrected chi connectivity index (χ3v) is 4.94. The second-order valence-electron chi connectivity index (χ2n) is 6.52. The fourth-order valence-corrected chi connectivity index (χ4v) is 3.47. The van der Waals surface area contributed by atoms with Crippen LogP contribution in [0.3, 0.4) is 0 Å². The van der Waals surface area contributed by atoms with E-state index in [2.05, 4.69) is 9.97 Å². The lowest BCUT2D eigenvalue weighted by Gasteiger charge is -2.39. The van der Waals surface area contributed by atoms with Crippen LogP contribution < -0.4 is 0 Å². The van der Waals surface area contributed by atoms with Gasteiger partial charge in [-0.2, -0.15) is 0 Å². The van der Waals surface area contributed by atoms with Crippen molar-refractivity contribution in [2.24, 2.45) is 0 Å². The molecule has 132 valence electrons. The normalized spacial score (nSPS) is 20.6. The second kappa shape index (κ2) is 7.50. The molecule has 1 saturated heterocycles. The van der Waals surface area contributed by atoms with Crippen LogP contribution in [0.4, 0.5) is 0 Å². The lowest BCUT2D eigenvalue weighted by molar-refractivity contribution is 0.0117. The molecule has 1 aliphatic heterocycles. The quantitative estimate of drug-likeness (QED) is 0.915. The van der Waals surface area contributed by atoms with Crippen molar-refractivity contribution in [3.63, 3.8) is 0 Å². The molecule has 1 amide bonds. The smallest absolute Gasteiger partial charge is 0.257 e. The molecule has 0 unspecified atom stereocenters. The SMILES string of the molecule is Cc1ncc(C(=O)N2CCC[C@H](O)[C@@H]2Cc2ccc(Cl)cc2)c(C)n1. The van der Waals surface area contributed by atoms with E-state index in [0.717, 1.165) is 12.0 Å². The van der Waals surface area contributed by atoms with Crippen LogP contribution in [-0.2, 0) is 6.42 Å². The molecule has 2 heterocycles. The maximum Gasteiger partial charge on any atom is 0.257 e. The fourth-order valence-electron chi connectivity index (χ4n) is 3.34. The van der Waals surface area contributed by atoms with E-state index < -0.39 is 6.10 Å². The van der Waals surface area contributed by atoms with Crippen LogP contribution in [-0.4, -0.2) is 44.6 Å². The Hall–Kier alpha value is -1.98. The van der Waals surface area contributed by atoms with Gasteiger partial charge in [-0.05, 0) is 50.8 Å². The van der Waals surface area contributed by atoms with Crippen LogP contribution in [0.2, 0.25) is 5.02 Å². The molecule has 1 aromatic carbocycles. The van der Waals surface area contributed by atoms with Crippen molar-refractivity contribution in [2.45, 2.75) is 45.3 Å². The average Bonchev–Trinajstić information content (AvgIpc) is 2.58. The molecular weight excluding hydrogens is 338 g/mol. The van der Waals surface area contributed by atoms with E-state index in [1.165, 1.54) is 0 Å². The highest BCUT2D eigenvalue weighted by molar-refractivity contribution is 6.30. The first-order valence-electron chi connectivity index (χ1n) is 8.49. The Balaban J connectivity index is 1.86. The van der Waals surface area contributed by atoms with Crippen LogP contribution in [0.5, 0.6) is 0 Å². The van der Waals surface area contributed by atoms with Crippen LogP contribution in [0.1, 0.15) is 40.3 Å². The first kappa shape index (κ1) is 17.8. The van der Waals surface area contributed by atoms with Gasteiger partial charge in [0.05, 0.1) is 23.4 Å². The summed E-state index contributed by atoms with van der Waals surface area (Å²) in [5, 5.41) is 11.2. The van der Waals surface area contributed by atoms with Gasteiger partial charge in [0.2, 0.25) is 0 Å². The van der Waals surface area contributed by atoms with Crippen LogP contribution in [0.15, 0.2) is 30.5 Å². The fraction of sp³-hybridized carbons (Fsp3) is 0.421. The molecular formula is C19H22ClN3O2. The predicted molar refractivity (Wildman–Crippen MR) is 96.7 cm³/mol. The van der Waals surface area contributed by atoms with Crippen LogP contribution in [0, 0.1) is 13.8 Å². The number of aliphatic hydroxyl groups is 1. The Bertz CT molecular complexity index is 764. The van der Waals surface area contributed by atoms with E-state index in [1.807, 2.05) is 31.2 Å². The molecule has 25 heavy (non-hydrogen) atoms. The number of aliphatic hydroxyl groups excluding tert-OH is 1. The van der Waals surface area contributed by atoms with E-state index in [9.17, 15) is 9.90 Å². The minimum absolute atomic E-state index is 0.116. The van der Waals surface area contributed by atoms with E-state index in [4.69, 9.17) is 11.6 Å². The van der Waals surface area contributed by atoms with Gasteiger partial charge in [0.15, 0.2) is 0 Å². The minimum atomic E-state index is -0.542. The summed E-state index contributed by atoms with van der Waals surface area (Å²) in [5.74, 6) is 0.528. The maximum absolute atomic E-state index is 13.0. The van der Waals surface area contributed by atoms with Gasteiger partial charge in [-0.15, -0.1) is 0 Å². The number of rotatable bonds is 3. The number of aromatic nitrogens is 2. The van der Waals surface area contributed by atoms with Crippen molar-refractivity contribution in [1.29, 1.82) is 0 Å². The van der Waals surface area contributed by atoms with E-state index in [1.54, 1.807) is 18.0 Å².